The van der Waals surface area contributed by atoms with Gasteiger partial charge in [0.05, 0.1) is 77.5 Å². The number of aromatic nitrogens is 1. The van der Waals surface area contributed by atoms with Crippen molar-refractivity contribution in [1.29, 1.82) is 5.26 Å². The quantitative estimate of drug-likeness (QED) is 0.155. The van der Waals surface area contributed by atoms with Crippen LogP contribution in [0.3, 0.4) is 0 Å². The molecule has 4 nitrogen and oxygen atoms in total. The van der Waals surface area contributed by atoms with Gasteiger partial charge in [0.2, 0.25) is 0 Å². The number of thiophene rings is 1. The average molecular weight is 827 g/mol. The topological polar surface area (TPSA) is 35.2 Å². The Morgan fingerprint density at radius 3 is 1.95 bits per heavy atom. The molecular weight excluding hydrogens is 760 g/mol. The maximum atomic E-state index is 11.3. The van der Waals surface area contributed by atoms with E-state index in [1.165, 1.54) is 9.47 Å². The van der Waals surface area contributed by atoms with E-state index in [1.54, 1.807) is 62.3 Å². The first-order valence-corrected chi connectivity index (χ1v) is 20.8. The third-order valence-electron chi connectivity index (χ3n) is 11.8. The van der Waals surface area contributed by atoms with Gasteiger partial charge in [0.1, 0.15) is 0 Å². The van der Waals surface area contributed by atoms with Crippen molar-refractivity contribution >= 4 is 111 Å². The molecule has 3 aliphatic rings. The highest BCUT2D eigenvalue weighted by atomic mass is 32.1. The minimum atomic E-state index is -1.64. The van der Waals surface area contributed by atoms with Gasteiger partial charge < -0.3 is 14.4 Å². The molecule has 2 aromatic heterocycles. The zero-order chi connectivity index (χ0) is 59.5. The number of para-hydroxylation sites is 1. The highest BCUT2D eigenvalue weighted by molar-refractivity contribution is 7.26. The molecule has 0 bridgehead atoms. The molecule has 12 rings (SSSR count). The van der Waals surface area contributed by atoms with Crippen LogP contribution < -0.4 is 26.2 Å². The molecular formula is C55H47BN4S. The Kier molecular flexibility index (Phi) is 4.21. The largest absolute Gasteiger partial charge is 0.310 e. The molecule has 0 spiro atoms. The van der Waals surface area contributed by atoms with Gasteiger partial charge in [-0.1, -0.05) is 123 Å². The minimum absolute atomic E-state index is 0.0201. The van der Waals surface area contributed by atoms with E-state index in [9.17, 15) is 27.2 Å². The van der Waals surface area contributed by atoms with Gasteiger partial charge in [-0.2, -0.15) is 5.26 Å². The fourth-order valence-electron chi connectivity index (χ4n) is 8.85. The third kappa shape index (κ3) is 4.93. The monoisotopic (exact) mass is 826 g/mol. The average Bonchev–Trinajstić information content (AvgIpc) is 1.74. The summed E-state index contributed by atoms with van der Waals surface area (Å²) in [5, 5.41) is 11.0. The van der Waals surface area contributed by atoms with E-state index in [1.807, 2.05) is 6.07 Å². The summed E-state index contributed by atoms with van der Waals surface area (Å²) in [6.45, 7) is 14.2. The molecule has 5 heterocycles. The normalized spacial score (nSPS) is 18.8. The van der Waals surface area contributed by atoms with Gasteiger partial charge in [-0.05, 0) is 110 Å². The predicted octanol–water partition coefficient (Wildman–Crippen LogP) is 13.3. The van der Waals surface area contributed by atoms with E-state index < -0.39 is 125 Å². The number of anilines is 6. The van der Waals surface area contributed by atoms with E-state index in [0.717, 1.165) is 16.2 Å². The Balaban J connectivity index is 1.41. The summed E-state index contributed by atoms with van der Waals surface area (Å²) in [6.07, 6.45) is 0. The number of benzene rings is 7. The lowest BCUT2D eigenvalue weighted by molar-refractivity contribution is 0.590. The van der Waals surface area contributed by atoms with Crippen LogP contribution in [0.15, 0.2) is 121 Å². The van der Waals surface area contributed by atoms with Crippen molar-refractivity contribution in [3.63, 3.8) is 0 Å². The summed E-state index contributed by atoms with van der Waals surface area (Å²) in [4.78, 5) is 2.55. The van der Waals surface area contributed by atoms with Gasteiger partial charge in [0.15, 0.2) is 0 Å². The van der Waals surface area contributed by atoms with E-state index in [0.29, 0.717) is 0 Å². The van der Waals surface area contributed by atoms with Crippen molar-refractivity contribution in [2.45, 2.75) is 78.6 Å². The lowest BCUT2D eigenvalue weighted by atomic mass is 9.33. The van der Waals surface area contributed by atoms with Crippen LogP contribution >= 0.6 is 11.3 Å². The van der Waals surface area contributed by atoms with Crippen molar-refractivity contribution < 1.29 is 27.4 Å². The molecule has 296 valence electrons. The molecule has 0 saturated carbocycles. The first-order chi connectivity index (χ1) is 37.5. The molecule has 0 atom stereocenters. The second-order valence-corrected chi connectivity index (χ2v) is 20.0. The molecule has 3 aliphatic heterocycles. The van der Waals surface area contributed by atoms with E-state index in [4.69, 9.17) is 5.48 Å². The Hall–Kier alpha value is -6.29. The minimum Gasteiger partial charge on any atom is -0.310 e. The van der Waals surface area contributed by atoms with Gasteiger partial charge in [-0.3, -0.25) is 0 Å². The van der Waals surface area contributed by atoms with Crippen LogP contribution in [0, 0.1) is 11.3 Å². The van der Waals surface area contributed by atoms with Gasteiger partial charge in [0, 0.05) is 43.3 Å². The lowest BCUT2D eigenvalue weighted by Crippen LogP contribution is -2.62. The Morgan fingerprint density at radius 1 is 0.541 bits per heavy atom. The van der Waals surface area contributed by atoms with Crippen LogP contribution in [0.2, 0.25) is 0 Å². The van der Waals surface area contributed by atoms with E-state index in [2.05, 4.69) is 0 Å². The molecule has 0 N–H and O–H groups in total. The molecule has 0 amide bonds. The fourth-order valence-corrected chi connectivity index (χ4v) is 9.91. The van der Waals surface area contributed by atoms with Crippen LogP contribution in [-0.2, 0) is 16.2 Å². The fraction of sp³-hybridized carbons (Fsp3) is 0.218. The van der Waals surface area contributed by atoms with Gasteiger partial charge >= 0.3 is 0 Å². The van der Waals surface area contributed by atoms with Crippen LogP contribution in [0.25, 0.3) is 47.7 Å². The number of fused-ring (bicyclic) bond motifs is 12. The molecule has 0 radical (unpaired) electrons. The Labute approximate surface area is 390 Å². The standard InChI is InChI=1S/C55H47BN4S/c1-53(2,3)32-20-22-41-37(26-32)38-27-34(55(7,8)9)29-47-50(38)59(41)43-17-13-16-39-51(43)60(47)46-25-31(30-57)24-45-49(46)56(39)40-28-33(54(4,5)6)21-23-42(40)58(45)44-18-12-15-36-35-14-10-11-19-48(35)61-52(36)44/h10-29H,1-9H3/i10D,11D,12D,13D,14D,15D,16D,17D,18D,19D,20D,21D,22D,23D,24D,25D,26D,27D,28D,29D. The summed E-state index contributed by atoms with van der Waals surface area (Å²) in [5.41, 5.74) is -5.84. The van der Waals surface area contributed by atoms with Crippen LogP contribution in [0.1, 0.15) is 112 Å². The zero-order valence-corrected chi connectivity index (χ0v) is 35.6. The summed E-state index contributed by atoms with van der Waals surface area (Å²) < 4.78 is 195. The van der Waals surface area contributed by atoms with Crippen LogP contribution in [0.4, 0.5) is 34.1 Å². The van der Waals surface area contributed by atoms with E-state index >= 15 is 0 Å². The molecule has 0 fully saturated rings. The first kappa shape index (κ1) is 21.5. The maximum Gasteiger partial charge on any atom is 0.252 e. The first-order valence-electron chi connectivity index (χ1n) is 30.0. The van der Waals surface area contributed by atoms with Gasteiger partial charge in [-0.15, -0.1) is 11.3 Å². The number of hydrogen-bond acceptors (Lipinski definition) is 4. The summed E-state index contributed by atoms with van der Waals surface area (Å²) >= 11 is 0.742. The highest BCUT2D eigenvalue weighted by Crippen LogP contribution is 2.54. The second-order valence-electron chi connectivity index (χ2n) is 18.9. The summed E-state index contributed by atoms with van der Waals surface area (Å²) in [6, 6.07) is -8.61. The number of nitrogens with zero attached hydrogens (tertiary/aromatic N) is 4. The Bertz CT molecular complexity index is 4630. The van der Waals surface area contributed by atoms with Crippen LogP contribution in [0.5, 0.6) is 0 Å². The SMILES string of the molecule is [2H]c1c([2H])c2c3c(c1[2H])-n1c4c([2H])c([2H])c(C(C)(C)C)c([2H])c4c4c([2H])c(C(C)(C)C)c([2H])c(c41)N3c1c([2H])c(C#N)c([2H])c3c1B2c1c([2H])c(C(C)(C)C)c([2H])c([2H])c1N3c1c([2H])c([2H])c([2H])c2c1sc1c([2H])c([2H])c([2H])c([2H])c12. The molecule has 6 heteroatoms. The predicted molar refractivity (Wildman–Crippen MR) is 262 cm³/mol. The molecule has 61 heavy (non-hydrogen) atoms. The van der Waals surface area contributed by atoms with E-state index in [-0.39, 0.29) is 139 Å². The number of rotatable bonds is 1. The number of nitriles is 1. The van der Waals surface area contributed by atoms with Crippen LogP contribution in [-0.4, -0.2) is 11.3 Å². The molecule has 9 aromatic rings. The maximum absolute atomic E-state index is 11.3. The zero-order valence-electron chi connectivity index (χ0n) is 54.8. The van der Waals surface area contributed by atoms with Crippen molar-refractivity contribution in [2.24, 2.45) is 0 Å². The van der Waals surface area contributed by atoms with Crippen molar-refractivity contribution in [3.05, 3.63) is 143 Å². The summed E-state index contributed by atoms with van der Waals surface area (Å²) in [7, 11) is 0. The smallest absolute Gasteiger partial charge is 0.252 e. The Morgan fingerprint density at radius 2 is 1.20 bits per heavy atom. The third-order valence-corrected chi connectivity index (χ3v) is 12.9. The summed E-state index contributed by atoms with van der Waals surface area (Å²) in [5.74, 6) is 0. The van der Waals surface area contributed by atoms with Gasteiger partial charge in [0.25, 0.3) is 6.71 Å². The van der Waals surface area contributed by atoms with Gasteiger partial charge in [-0.25, -0.2) is 0 Å². The second kappa shape index (κ2) is 12.0. The molecule has 7 aromatic carbocycles. The van der Waals surface area contributed by atoms with Crippen molar-refractivity contribution in [3.8, 4) is 11.8 Å². The molecule has 0 saturated heterocycles. The molecule has 0 unspecified atom stereocenters. The van der Waals surface area contributed by atoms with Crippen molar-refractivity contribution in [1.82, 2.24) is 4.57 Å². The van der Waals surface area contributed by atoms with Crippen molar-refractivity contribution in [2.75, 3.05) is 9.80 Å². The highest BCUT2D eigenvalue weighted by Gasteiger charge is 2.47. The number of hydrogen-bond donors (Lipinski definition) is 0. The lowest BCUT2D eigenvalue weighted by Gasteiger charge is -2.46. The molecule has 0 aliphatic carbocycles.